The molecule has 0 amide bonds. The molecule has 8 nitrogen and oxygen atoms in total. The predicted octanol–water partition coefficient (Wildman–Crippen LogP) is 2.95. The van der Waals surface area contributed by atoms with E-state index in [-0.39, 0.29) is 17.2 Å². The van der Waals surface area contributed by atoms with Gasteiger partial charge in [0, 0.05) is 30.0 Å². The maximum atomic E-state index is 12.6. The topological polar surface area (TPSA) is 121 Å². The third-order valence-corrected chi connectivity index (χ3v) is 7.41. The van der Waals surface area contributed by atoms with E-state index in [1.807, 2.05) is 12.1 Å². The van der Waals surface area contributed by atoms with Crippen molar-refractivity contribution in [3.8, 4) is 11.1 Å². The molecule has 0 aliphatic heterocycles. The highest BCUT2D eigenvalue weighted by molar-refractivity contribution is 7.92. The Balaban J connectivity index is 1.42. The van der Waals surface area contributed by atoms with Gasteiger partial charge >= 0.3 is 0 Å². The van der Waals surface area contributed by atoms with Gasteiger partial charge in [0.05, 0.1) is 10.6 Å². The Labute approximate surface area is 180 Å². The number of fused-ring (bicyclic) bond motifs is 1. The van der Waals surface area contributed by atoms with Crippen LogP contribution in [0, 0.1) is 0 Å². The van der Waals surface area contributed by atoms with Gasteiger partial charge in [-0.25, -0.2) is 26.5 Å². The summed E-state index contributed by atoms with van der Waals surface area (Å²) in [6.07, 6.45) is 3.48. The van der Waals surface area contributed by atoms with Gasteiger partial charge in [-0.2, -0.15) is 0 Å². The molecule has 0 saturated carbocycles. The number of aromatic nitrogens is 2. The van der Waals surface area contributed by atoms with E-state index in [0.717, 1.165) is 22.2 Å². The fourth-order valence-corrected chi connectivity index (χ4v) is 5.29. The standard InChI is InChI=1S/C21H20N4O4S2/c26-30(27,25-17-4-2-1-3-5-17)15-14-24-31(28,29)18-8-6-16(7-9-18)19-10-12-22-21-20(19)11-13-23-21/h1-13,24-25H,14-15H2,(H,22,23). The second-order valence-electron chi connectivity index (χ2n) is 6.81. The summed E-state index contributed by atoms with van der Waals surface area (Å²) in [7, 11) is -7.53. The minimum Gasteiger partial charge on any atom is -0.346 e. The smallest absolute Gasteiger partial charge is 0.240 e. The molecule has 4 aromatic rings. The quantitative estimate of drug-likeness (QED) is 0.376. The SMILES string of the molecule is O=S(=O)(CCNS(=O)(=O)c1ccc(-c2ccnc3[nH]ccc23)cc1)Nc1ccccc1. The molecule has 0 aliphatic carbocycles. The maximum Gasteiger partial charge on any atom is 0.240 e. The van der Waals surface area contributed by atoms with Gasteiger partial charge in [-0.05, 0) is 47.5 Å². The van der Waals surface area contributed by atoms with Gasteiger partial charge in [-0.3, -0.25) is 4.72 Å². The second-order valence-corrected chi connectivity index (χ2v) is 10.4. The van der Waals surface area contributed by atoms with E-state index in [0.29, 0.717) is 5.69 Å². The van der Waals surface area contributed by atoms with Crippen LogP contribution in [0.4, 0.5) is 5.69 Å². The average molecular weight is 457 g/mol. The zero-order valence-corrected chi connectivity index (χ0v) is 17.9. The summed E-state index contributed by atoms with van der Waals surface area (Å²) in [4.78, 5) is 7.35. The number of aromatic amines is 1. The minimum absolute atomic E-state index is 0.0593. The van der Waals surface area contributed by atoms with Crippen LogP contribution in [0.25, 0.3) is 22.2 Å². The Morgan fingerprint density at radius 2 is 1.61 bits per heavy atom. The fourth-order valence-electron chi connectivity index (χ4n) is 3.16. The molecule has 0 unspecified atom stereocenters. The third kappa shape index (κ3) is 4.93. The lowest BCUT2D eigenvalue weighted by atomic mass is 10.0. The molecule has 0 atom stereocenters. The molecule has 0 radical (unpaired) electrons. The summed E-state index contributed by atoms with van der Waals surface area (Å²) in [5, 5.41) is 0.937. The first-order valence-corrected chi connectivity index (χ1v) is 12.6. The van der Waals surface area contributed by atoms with Gasteiger partial charge in [-0.15, -0.1) is 0 Å². The number of nitrogens with zero attached hydrogens (tertiary/aromatic N) is 1. The molecule has 2 aromatic heterocycles. The molecule has 2 aromatic carbocycles. The molecule has 31 heavy (non-hydrogen) atoms. The summed E-state index contributed by atoms with van der Waals surface area (Å²) in [6, 6.07) is 18.6. The van der Waals surface area contributed by atoms with Crippen molar-refractivity contribution in [3.05, 3.63) is 79.1 Å². The van der Waals surface area contributed by atoms with Gasteiger partial charge in [0.15, 0.2) is 0 Å². The molecular formula is C21H20N4O4S2. The molecular weight excluding hydrogens is 436 g/mol. The lowest BCUT2D eigenvalue weighted by Crippen LogP contribution is -2.31. The third-order valence-electron chi connectivity index (χ3n) is 4.65. The van der Waals surface area contributed by atoms with Crippen LogP contribution in [-0.2, 0) is 20.0 Å². The largest absolute Gasteiger partial charge is 0.346 e. The van der Waals surface area contributed by atoms with Crippen molar-refractivity contribution in [2.45, 2.75) is 4.90 Å². The molecule has 3 N–H and O–H groups in total. The highest BCUT2D eigenvalue weighted by Gasteiger charge is 2.17. The summed E-state index contributed by atoms with van der Waals surface area (Å²) < 4.78 is 54.2. The van der Waals surface area contributed by atoms with Crippen LogP contribution < -0.4 is 9.44 Å². The summed E-state index contributed by atoms with van der Waals surface area (Å²) in [5.41, 5.74) is 2.96. The second kappa shape index (κ2) is 8.50. The van der Waals surface area contributed by atoms with E-state index in [9.17, 15) is 16.8 Å². The number of anilines is 1. The summed E-state index contributed by atoms with van der Waals surface area (Å²) >= 11 is 0. The van der Waals surface area contributed by atoms with Gasteiger partial charge in [0.2, 0.25) is 20.0 Å². The van der Waals surface area contributed by atoms with Gasteiger partial charge < -0.3 is 4.98 Å². The first-order chi connectivity index (χ1) is 14.8. The van der Waals surface area contributed by atoms with Gasteiger partial charge in [0.1, 0.15) is 5.65 Å². The van der Waals surface area contributed by atoms with Crippen molar-refractivity contribution in [2.75, 3.05) is 17.0 Å². The Hall–Kier alpha value is -3.21. The van der Waals surface area contributed by atoms with E-state index in [1.54, 1.807) is 54.9 Å². The van der Waals surface area contributed by atoms with E-state index >= 15 is 0 Å². The van der Waals surface area contributed by atoms with Crippen LogP contribution >= 0.6 is 0 Å². The molecule has 0 spiro atoms. The predicted molar refractivity (Wildman–Crippen MR) is 121 cm³/mol. The number of sulfonamides is 2. The zero-order valence-electron chi connectivity index (χ0n) is 16.3. The minimum atomic E-state index is -3.85. The monoisotopic (exact) mass is 456 g/mol. The first kappa shape index (κ1) is 21.0. The van der Waals surface area contributed by atoms with Crippen molar-refractivity contribution < 1.29 is 16.8 Å². The summed E-state index contributed by atoms with van der Waals surface area (Å²) in [5.74, 6) is -0.387. The normalized spacial score (nSPS) is 12.1. The maximum absolute atomic E-state index is 12.6. The van der Waals surface area contributed by atoms with Crippen molar-refractivity contribution >= 4 is 36.8 Å². The molecule has 4 rings (SSSR count). The molecule has 0 saturated heterocycles. The van der Waals surface area contributed by atoms with Gasteiger partial charge in [0.25, 0.3) is 0 Å². The van der Waals surface area contributed by atoms with Crippen molar-refractivity contribution in [3.63, 3.8) is 0 Å². The number of pyridine rings is 1. The molecule has 0 bridgehead atoms. The van der Waals surface area contributed by atoms with E-state index in [1.165, 1.54) is 12.1 Å². The number of para-hydroxylation sites is 1. The molecule has 160 valence electrons. The number of nitrogens with one attached hydrogen (secondary N) is 3. The highest BCUT2D eigenvalue weighted by Crippen LogP contribution is 2.27. The summed E-state index contributed by atoms with van der Waals surface area (Å²) in [6.45, 7) is -0.249. The van der Waals surface area contributed by atoms with Crippen LogP contribution in [0.3, 0.4) is 0 Å². The fraction of sp³-hybridized carbons (Fsp3) is 0.0952. The van der Waals surface area contributed by atoms with Gasteiger partial charge in [-0.1, -0.05) is 30.3 Å². The van der Waals surface area contributed by atoms with E-state index in [2.05, 4.69) is 19.4 Å². The lowest BCUT2D eigenvalue weighted by Gasteiger charge is -2.10. The van der Waals surface area contributed by atoms with Crippen molar-refractivity contribution in [1.29, 1.82) is 0 Å². The number of rotatable bonds is 8. The average Bonchev–Trinajstić information content (AvgIpc) is 3.23. The van der Waals surface area contributed by atoms with Crippen LogP contribution in [0.5, 0.6) is 0 Å². The first-order valence-electron chi connectivity index (χ1n) is 9.42. The molecule has 0 fully saturated rings. The Kier molecular flexibility index (Phi) is 5.77. The van der Waals surface area contributed by atoms with Crippen molar-refractivity contribution in [1.82, 2.24) is 14.7 Å². The number of hydrogen-bond donors (Lipinski definition) is 3. The molecule has 10 heteroatoms. The number of hydrogen-bond acceptors (Lipinski definition) is 5. The lowest BCUT2D eigenvalue weighted by molar-refractivity contribution is 0.582. The number of benzene rings is 2. The van der Waals surface area contributed by atoms with Crippen LogP contribution in [0.15, 0.2) is 84.0 Å². The van der Waals surface area contributed by atoms with Crippen LogP contribution in [-0.4, -0.2) is 39.1 Å². The van der Waals surface area contributed by atoms with Crippen LogP contribution in [0.1, 0.15) is 0 Å². The molecule has 0 aliphatic rings. The Bertz CT molecular complexity index is 1400. The van der Waals surface area contributed by atoms with E-state index < -0.39 is 20.0 Å². The van der Waals surface area contributed by atoms with Crippen molar-refractivity contribution in [2.24, 2.45) is 0 Å². The Morgan fingerprint density at radius 3 is 2.35 bits per heavy atom. The Morgan fingerprint density at radius 1 is 0.871 bits per heavy atom. The molecule has 2 heterocycles. The number of H-pyrrole nitrogens is 1. The highest BCUT2D eigenvalue weighted by atomic mass is 32.2. The zero-order chi connectivity index (χ0) is 21.9. The van der Waals surface area contributed by atoms with E-state index in [4.69, 9.17) is 0 Å². The van der Waals surface area contributed by atoms with Crippen LogP contribution in [0.2, 0.25) is 0 Å².